The van der Waals surface area contributed by atoms with Crippen LogP contribution in [0, 0.1) is 5.82 Å². The highest BCUT2D eigenvalue weighted by Crippen LogP contribution is 2.26. The third-order valence-electron chi connectivity index (χ3n) is 4.37. The first-order valence-corrected chi connectivity index (χ1v) is 10.1. The molecule has 0 aliphatic heterocycles. The number of nitrogens with one attached hydrogen (secondary N) is 1. The smallest absolute Gasteiger partial charge is 0.324 e. The minimum absolute atomic E-state index is 0.232. The number of aryl methyl sites for hydroxylation is 1. The van der Waals surface area contributed by atoms with Gasteiger partial charge in [0.25, 0.3) is 0 Å². The Morgan fingerprint density at radius 2 is 1.90 bits per heavy atom. The SMILES string of the molecule is CCc1ccc(NC(=O)Cn2nc3ccc(Sc4cccc(F)c4)nn3c2=O)cc1. The number of carbonyl (C=O) groups is 1. The third kappa shape index (κ3) is 4.41. The number of hydrogen-bond donors (Lipinski definition) is 1. The van der Waals surface area contributed by atoms with Crippen LogP contribution in [0.1, 0.15) is 12.5 Å². The minimum atomic E-state index is -0.525. The lowest BCUT2D eigenvalue weighted by atomic mass is 10.1. The molecule has 0 aliphatic rings. The average Bonchev–Trinajstić information content (AvgIpc) is 3.03. The summed E-state index contributed by atoms with van der Waals surface area (Å²) >= 11 is 1.23. The number of rotatable bonds is 6. The van der Waals surface area contributed by atoms with E-state index in [1.807, 2.05) is 24.3 Å². The Morgan fingerprint density at radius 1 is 1.10 bits per heavy atom. The van der Waals surface area contributed by atoms with Crippen LogP contribution in [0.2, 0.25) is 0 Å². The van der Waals surface area contributed by atoms with Crippen molar-refractivity contribution in [3.8, 4) is 0 Å². The van der Waals surface area contributed by atoms with Gasteiger partial charge in [-0.05, 0) is 54.4 Å². The van der Waals surface area contributed by atoms with E-state index in [0.717, 1.165) is 15.6 Å². The molecule has 2 aromatic heterocycles. The van der Waals surface area contributed by atoms with Crippen molar-refractivity contribution >= 4 is 29.0 Å². The van der Waals surface area contributed by atoms with Gasteiger partial charge in [0, 0.05) is 10.6 Å². The molecule has 0 atom stereocenters. The zero-order valence-corrected chi connectivity index (χ0v) is 16.9. The number of benzene rings is 2. The molecule has 2 heterocycles. The van der Waals surface area contributed by atoms with Crippen LogP contribution in [0.3, 0.4) is 0 Å². The molecule has 0 aliphatic carbocycles. The molecule has 7 nitrogen and oxygen atoms in total. The van der Waals surface area contributed by atoms with E-state index in [2.05, 4.69) is 22.4 Å². The number of halogens is 1. The zero-order valence-electron chi connectivity index (χ0n) is 16.1. The van der Waals surface area contributed by atoms with Crippen molar-refractivity contribution in [1.82, 2.24) is 19.4 Å². The van der Waals surface area contributed by atoms with E-state index in [-0.39, 0.29) is 18.3 Å². The second-order valence-electron chi connectivity index (χ2n) is 6.54. The van der Waals surface area contributed by atoms with Crippen molar-refractivity contribution in [2.24, 2.45) is 0 Å². The van der Waals surface area contributed by atoms with Gasteiger partial charge in [0.2, 0.25) is 5.91 Å². The lowest BCUT2D eigenvalue weighted by Gasteiger charge is -2.05. The highest BCUT2D eigenvalue weighted by molar-refractivity contribution is 7.99. The number of carbonyl (C=O) groups excluding carboxylic acids is 1. The molecule has 0 spiro atoms. The van der Waals surface area contributed by atoms with Gasteiger partial charge in [-0.25, -0.2) is 13.9 Å². The molecule has 152 valence electrons. The van der Waals surface area contributed by atoms with Gasteiger partial charge in [-0.1, -0.05) is 36.9 Å². The van der Waals surface area contributed by atoms with Gasteiger partial charge in [0.15, 0.2) is 5.65 Å². The van der Waals surface area contributed by atoms with Gasteiger partial charge in [0.1, 0.15) is 17.4 Å². The summed E-state index contributed by atoms with van der Waals surface area (Å²) in [5, 5.41) is 11.7. The molecule has 9 heteroatoms. The summed E-state index contributed by atoms with van der Waals surface area (Å²) < 4.78 is 15.6. The van der Waals surface area contributed by atoms with E-state index in [4.69, 9.17) is 0 Å². The molecule has 0 radical (unpaired) electrons. The Kier molecular flexibility index (Phi) is 5.62. The fourth-order valence-electron chi connectivity index (χ4n) is 2.86. The minimum Gasteiger partial charge on any atom is -0.324 e. The van der Waals surface area contributed by atoms with Gasteiger partial charge >= 0.3 is 5.69 Å². The summed E-state index contributed by atoms with van der Waals surface area (Å²) in [5.74, 6) is -0.708. The van der Waals surface area contributed by atoms with Crippen molar-refractivity contribution in [2.75, 3.05) is 5.32 Å². The Balaban J connectivity index is 1.51. The first-order chi connectivity index (χ1) is 14.5. The van der Waals surface area contributed by atoms with Crippen molar-refractivity contribution in [1.29, 1.82) is 0 Å². The summed E-state index contributed by atoms with van der Waals surface area (Å²) in [6.45, 7) is 1.82. The van der Waals surface area contributed by atoms with Gasteiger partial charge < -0.3 is 5.32 Å². The Bertz CT molecular complexity index is 1270. The molecule has 0 saturated heterocycles. The maximum absolute atomic E-state index is 13.4. The molecule has 1 N–H and O–H groups in total. The highest BCUT2D eigenvalue weighted by atomic mass is 32.2. The molecule has 2 aromatic carbocycles. The number of amides is 1. The maximum atomic E-state index is 13.4. The van der Waals surface area contributed by atoms with Gasteiger partial charge in [-0.2, -0.15) is 9.61 Å². The molecular formula is C21H18FN5O2S. The van der Waals surface area contributed by atoms with E-state index in [0.29, 0.717) is 21.3 Å². The Hall–Kier alpha value is -3.46. The number of fused-ring (bicyclic) bond motifs is 1. The van der Waals surface area contributed by atoms with Crippen LogP contribution in [0.25, 0.3) is 5.65 Å². The second kappa shape index (κ2) is 8.50. The molecule has 0 saturated carbocycles. The standard InChI is InChI=1S/C21H18FN5O2S/c1-2-14-6-8-16(9-7-14)23-19(28)13-26-21(29)27-18(24-26)10-11-20(25-27)30-17-5-3-4-15(22)12-17/h3-12H,2,13H2,1H3,(H,23,28). The summed E-state index contributed by atoms with van der Waals surface area (Å²) in [7, 11) is 0. The van der Waals surface area contributed by atoms with Gasteiger partial charge in [0.05, 0.1) is 0 Å². The van der Waals surface area contributed by atoms with E-state index >= 15 is 0 Å². The van der Waals surface area contributed by atoms with E-state index in [1.165, 1.54) is 29.5 Å². The number of hydrogen-bond acceptors (Lipinski definition) is 5. The first-order valence-electron chi connectivity index (χ1n) is 9.31. The lowest BCUT2D eigenvalue weighted by molar-refractivity contribution is -0.117. The predicted octanol–water partition coefficient (Wildman–Crippen LogP) is 3.38. The molecule has 4 aromatic rings. The third-order valence-corrected chi connectivity index (χ3v) is 5.29. The summed E-state index contributed by atoms with van der Waals surface area (Å²) in [6, 6.07) is 17.0. The van der Waals surface area contributed by atoms with Crippen LogP contribution >= 0.6 is 11.8 Å². The van der Waals surface area contributed by atoms with E-state index < -0.39 is 5.69 Å². The van der Waals surface area contributed by atoms with E-state index in [1.54, 1.807) is 24.3 Å². The van der Waals surface area contributed by atoms with Crippen LogP contribution in [-0.4, -0.2) is 25.3 Å². The first kappa shape index (κ1) is 19.8. The topological polar surface area (TPSA) is 81.3 Å². The lowest BCUT2D eigenvalue weighted by Crippen LogP contribution is -2.28. The molecule has 4 rings (SSSR count). The second-order valence-corrected chi connectivity index (χ2v) is 7.63. The van der Waals surface area contributed by atoms with Crippen LogP contribution in [0.15, 0.2) is 75.4 Å². The van der Waals surface area contributed by atoms with Crippen LogP contribution in [0.5, 0.6) is 0 Å². The molecule has 30 heavy (non-hydrogen) atoms. The summed E-state index contributed by atoms with van der Waals surface area (Å²) in [5.41, 5.74) is 1.62. The zero-order chi connectivity index (χ0) is 21.1. The maximum Gasteiger partial charge on any atom is 0.367 e. The Morgan fingerprint density at radius 3 is 2.63 bits per heavy atom. The normalized spacial score (nSPS) is 11.0. The van der Waals surface area contributed by atoms with E-state index in [9.17, 15) is 14.0 Å². The van der Waals surface area contributed by atoms with Gasteiger partial charge in [-0.3, -0.25) is 4.79 Å². The van der Waals surface area contributed by atoms with Crippen molar-refractivity contribution < 1.29 is 9.18 Å². The molecule has 0 fully saturated rings. The van der Waals surface area contributed by atoms with Crippen molar-refractivity contribution in [3.63, 3.8) is 0 Å². The monoisotopic (exact) mass is 423 g/mol. The molecule has 1 amide bonds. The summed E-state index contributed by atoms with van der Waals surface area (Å²) in [6.07, 6.45) is 0.914. The molecular weight excluding hydrogens is 405 g/mol. The van der Waals surface area contributed by atoms with Crippen LogP contribution < -0.4 is 11.0 Å². The van der Waals surface area contributed by atoms with Crippen molar-refractivity contribution in [2.45, 2.75) is 29.8 Å². The Labute approximate surface area is 175 Å². The van der Waals surface area contributed by atoms with Crippen LogP contribution in [0.4, 0.5) is 10.1 Å². The average molecular weight is 423 g/mol. The predicted molar refractivity (Wildman–Crippen MR) is 112 cm³/mol. The fourth-order valence-corrected chi connectivity index (χ4v) is 3.68. The van der Waals surface area contributed by atoms with Crippen molar-refractivity contribution in [3.05, 3.63) is 82.5 Å². The fraction of sp³-hybridized carbons (Fsp3) is 0.143. The number of anilines is 1. The summed E-state index contributed by atoms with van der Waals surface area (Å²) in [4.78, 5) is 25.6. The van der Waals surface area contributed by atoms with Gasteiger partial charge in [-0.15, -0.1) is 5.10 Å². The quantitative estimate of drug-likeness (QED) is 0.514. The number of nitrogens with zero attached hydrogens (tertiary/aromatic N) is 4. The highest BCUT2D eigenvalue weighted by Gasteiger charge is 2.13. The number of aromatic nitrogens is 4. The largest absolute Gasteiger partial charge is 0.367 e. The van der Waals surface area contributed by atoms with Crippen LogP contribution in [-0.2, 0) is 17.8 Å². The molecule has 0 bridgehead atoms. The molecule has 0 unspecified atom stereocenters.